The zero-order valence-corrected chi connectivity index (χ0v) is 16.6. The third-order valence-electron chi connectivity index (χ3n) is 3.99. The van der Waals surface area contributed by atoms with Gasteiger partial charge in [0.1, 0.15) is 10.8 Å². The van der Waals surface area contributed by atoms with E-state index >= 15 is 0 Å². The Balaban J connectivity index is 1.65. The predicted octanol–water partition coefficient (Wildman–Crippen LogP) is 4.54. The molecule has 0 saturated heterocycles. The smallest absolute Gasteiger partial charge is 0.416 e. The molecule has 0 radical (unpaired) electrons. The molecule has 2 N–H and O–H groups in total. The maximum absolute atomic E-state index is 12.9. The fourth-order valence-corrected chi connectivity index (χ4v) is 3.32. The number of halogens is 3. The van der Waals surface area contributed by atoms with E-state index in [9.17, 15) is 13.2 Å². The number of aromatic nitrogens is 1. The first-order chi connectivity index (χ1) is 13.9. The van der Waals surface area contributed by atoms with Crippen molar-refractivity contribution >= 4 is 17.3 Å². The third kappa shape index (κ3) is 6.63. The number of hydrogen-bond acceptors (Lipinski definition) is 4. The molecule has 0 bridgehead atoms. The average Bonchev–Trinajstić information content (AvgIpc) is 3.35. The fourth-order valence-electron chi connectivity index (χ4n) is 2.59. The number of nitrogens with one attached hydrogen (secondary N) is 2. The van der Waals surface area contributed by atoms with Gasteiger partial charge in [-0.25, -0.2) is 9.98 Å². The second-order valence-corrected chi connectivity index (χ2v) is 7.66. The van der Waals surface area contributed by atoms with Gasteiger partial charge >= 0.3 is 6.18 Å². The van der Waals surface area contributed by atoms with Crippen molar-refractivity contribution in [2.75, 3.05) is 6.54 Å². The van der Waals surface area contributed by atoms with Gasteiger partial charge in [-0.15, -0.1) is 11.3 Å². The van der Waals surface area contributed by atoms with Crippen molar-refractivity contribution in [1.29, 1.82) is 0 Å². The van der Waals surface area contributed by atoms with E-state index < -0.39 is 11.7 Å². The number of nitrogens with zero attached hydrogens (tertiary/aromatic N) is 2. The summed E-state index contributed by atoms with van der Waals surface area (Å²) in [6.45, 7) is 3.15. The van der Waals surface area contributed by atoms with Crippen LogP contribution in [0.25, 0.3) is 0 Å². The lowest BCUT2D eigenvalue weighted by molar-refractivity contribution is -0.137. The standard InChI is InChI=1S/C20H21F3N4OS/c1-14-11-25-18(29-14)13-27-19(24-8-7-17-6-3-9-28-17)26-12-15-4-2-5-16(10-15)20(21,22)23/h2-6,9-11H,7-8,12-13H2,1H3,(H2,24,26,27). The van der Waals surface area contributed by atoms with Crippen LogP contribution in [0.4, 0.5) is 13.2 Å². The molecule has 1 aromatic carbocycles. The van der Waals surface area contributed by atoms with Gasteiger partial charge in [0.15, 0.2) is 5.96 Å². The summed E-state index contributed by atoms with van der Waals surface area (Å²) in [6, 6.07) is 8.90. The summed E-state index contributed by atoms with van der Waals surface area (Å²) in [6.07, 6.45) is -0.301. The summed E-state index contributed by atoms with van der Waals surface area (Å²) in [5.41, 5.74) is -0.194. The molecule has 0 aliphatic carbocycles. The van der Waals surface area contributed by atoms with E-state index in [0.29, 0.717) is 31.0 Å². The van der Waals surface area contributed by atoms with Gasteiger partial charge < -0.3 is 15.1 Å². The molecule has 2 heterocycles. The molecule has 0 fully saturated rings. The normalized spacial score (nSPS) is 12.2. The van der Waals surface area contributed by atoms with Crippen LogP contribution in [0, 0.1) is 6.92 Å². The van der Waals surface area contributed by atoms with Crippen molar-refractivity contribution in [2.45, 2.75) is 32.6 Å². The molecular weight excluding hydrogens is 401 g/mol. The second-order valence-electron chi connectivity index (χ2n) is 6.34. The van der Waals surface area contributed by atoms with Gasteiger partial charge in [-0.1, -0.05) is 12.1 Å². The number of aryl methyl sites for hydroxylation is 1. The number of guanidine groups is 1. The van der Waals surface area contributed by atoms with Crippen LogP contribution in [0.5, 0.6) is 0 Å². The maximum atomic E-state index is 12.9. The van der Waals surface area contributed by atoms with Crippen molar-refractivity contribution in [3.8, 4) is 0 Å². The summed E-state index contributed by atoms with van der Waals surface area (Å²) in [7, 11) is 0. The lowest BCUT2D eigenvalue weighted by Crippen LogP contribution is -2.38. The van der Waals surface area contributed by atoms with Crippen molar-refractivity contribution in [3.05, 3.63) is 75.6 Å². The van der Waals surface area contributed by atoms with E-state index in [1.54, 1.807) is 29.9 Å². The monoisotopic (exact) mass is 422 g/mol. The molecule has 3 rings (SSSR count). The fraction of sp³-hybridized carbons (Fsp3) is 0.300. The SMILES string of the molecule is Cc1cnc(CNC(=NCc2cccc(C(F)(F)F)c2)NCCc2ccco2)s1. The van der Waals surface area contributed by atoms with Gasteiger partial charge in [-0.3, -0.25) is 0 Å². The van der Waals surface area contributed by atoms with E-state index in [1.165, 1.54) is 6.07 Å². The first kappa shape index (κ1) is 20.9. The molecule has 0 aliphatic rings. The van der Waals surface area contributed by atoms with Crippen LogP contribution < -0.4 is 10.6 Å². The Hall–Kier alpha value is -2.81. The highest BCUT2D eigenvalue weighted by Gasteiger charge is 2.30. The van der Waals surface area contributed by atoms with Crippen molar-refractivity contribution in [3.63, 3.8) is 0 Å². The lowest BCUT2D eigenvalue weighted by atomic mass is 10.1. The molecule has 0 amide bonds. The molecule has 0 saturated carbocycles. The summed E-state index contributed by atoms with van der Waals surface area (Å²) in [4.78, 5) is 9.84. The van der Waals surface area contributed by atoms with Crippen LogP contribution in [-0.4, -0.2) is 17.5 Å². The molecule has 5 nitrogen and oxygen atoms in total. The van der Waals surface area contributed by atoms with Gasteiger partial charge in [0, 0.05) is 24.0 Å². The minimum Gasteiger partial charge on any atom is -0.469 e. The van der Waals surface area contributed by atoms with Gasteiger partial charge in [0.05, 0.1) is 24.9 Å². The number of aliphatic imine (C=N–C) groups is 1. The van der Waals surface area contributed by atoms with E-state index in [1.807, 2.05) is 19.1 Å². The van der Waals surface area contributed by atoms with Gasteiger partial charge in [0.25, 0.3) is 0 Å². The number of rotatable bonds is 7. The van der Waals surface area contributed by atoms with Gasteiger partial charge in [-0.2, -0.15) is 13.2 Å². The first-order valence-corrected chi connectivity index (χ1v) is 9.84. The van der Waals surface area contributed by atoms with E-state index in [-0.39, 0.29) is 6.54 Å². The number of thiazole rings is 1. The Morgan fingerprint density at radius 1 is 1.21 bits per heavy atom. The minimum atomic E-state index is -4.37. The van der Waals surface area contributed by atoms with Crippen LogP contribution in [0.2, 0.25) is 0 Å². The molecule has 0 unspecified atom stereocenters. The van der Waals surface area contributed by atoms with E-state index in [4.69, 9.17) is 4.42 Å². The summed E-state index contributed by atoms with van der Waals surface area (Å²) in [5, 5.41) is 7.27. The highest BCUT2D eigenvalue weighted by Crippen LogP contribution is 2.29. The Labute approximate surface area is 170 Å². The van der Waals surface area contributed by atoms with Crippen molar-refractivity contribution in [2.24, 2.45) is 4.99 Å². The van der Waals surface area contributed by atoms with Crippen LogP contribution in [0.1, 0.15) is 26.8 Å². The Bertz CT molecular complexity index is 935. The molecule has 29 heavy (non-hydrogen) atoms. The minimum absolute atomic E-state index is 0.122. The highest BCUT2D eigenvalue weighted by atomic mass is 32.1. The number of furan rings is 1. The predicted molar refractivity (Wildman–Crippen MR) is 107 cm³/mol. The van der Waals surface area contributed by atoms with Crippen LogP contribution >= 0.6 is 11.3 Å². The quantitative estimate of drug-likeness (QED) is 0.433. The molecule has 0 aliphatic heterocycles. The van der Waals surface area contributed by atoms with E-state index in [0.717, 1.165) is 27.8 Å². The molecule has 3 aromatic rings. The number of hydrogen-bond donors (Lipinski definition) is 2. The zero-order chi connectivity index (χ0) is 20.7. The Morgan fingerprint density at radius 3 is 2.76 bits per heavy atom. The first-order valence-electron chi connectivity index (χ1n) is 9.02. The lowest BCUT2D eigenvalue weighted by Gasteiger charge is -2.12. The molecule has 2 aromatic heterocycles. The second kappa shape index (κ2) is 9.60. The Kier molecular flexibility index (Phi) is 6.92. The van der Waals surface area contributed by atoms with Crippen molar-refractivity contribution in [1.82, 2.24) is 15.6 Å². The van der Waals surface area contributed by atoms with Crippen LogP contribution in [0.3, 0.4) is 0 Å². The van der Waals surface area contributed by atoms with E-state index in [2.05, 4.69) is 20.6 Å². The molecule has 0 atom stereocenters. The molecule has 154 valence electrons. The highest BCUT2D eigenvalue weighted by molar-refractivity contribution is 7.11. The van der Waals surface area contributed by atoms with Gasteiger partial charge in [-0.05, 0) is 36.8 Å². The summed E-state index contributed by atoms with van der Waals surface area (Å²) < 4.78 is 44.0. The van der Waals surface area contributed by atoms with Crippen molar-refractivity contribution < 1.29 is 17.6 Å². The summed E-state index contributed by atoms with van der Waals surface area (Å²) >= 11 is 1.57. The molecule has 9 heteroatoms. The molecular formula is C20H21F3N4OS. The largest absolute Gasteiger partial charge is 0.469 e. The number of alkyl halides is 3. The third-order valence-corrected chi connectivity index (χ3v) is 4.91. The van der Waals surface area contributed by atoms with Gasteiger partial charge in [0.2, 0.25) is 0 Å². The van der Waals surface area contributed by atoms with Crippen LogP contribution in [-0.2, 0) is 25.7 Å². The summed E-state index contributed by atoms with van der Waals surface area (Å²) in [5.74, 6) is 1.34. The zero-order valence-electron chi connectivity index (χ0n) is 15.8. The topological polar surface area (TPSA) is 62.5 Å². The Morgan fingerprint density at radius 2 is 2.07 bits per heavy atom. The molecule has 0 spiro atoms. The maximum Gasteiger partial charge on any atom is 0.416 e. The average molecular weight is 422 g/mol. The van der Waals surface area contributed by atoms with Crippen LogP contribution in [0.15, 0.2) is 58.3 Å². The number of benzene rings is 1.